The molecule has 0 radical (unpaired) electrons. The highest BCUT2D eigenvalue weighted by atomic mass is 35.5. The van der Waals surface area contributed by atoms with Gasteiger partial charge in [0, 0.05) is 28.4 Å². The van der Waals surface area contributed by atoms with Crippen LogP contribution in [0.15, 0.2) is 60.7 Å². The molecule has 3 aromatic carbocycles. The number of rotatable bonds is 4. The molecule has 144 valence electrons. The molecular formula is C21H14ClN3O3S. The van der Waals surface area contributed by atoms with Crippen LogP contribution in [0.1, 0.15) is 15.9 Å². The molecule has 0 spiro atoms. The Morgan fingerprint density at radius 2 is 1.93 bits per heavy atom. The second-order valence-electron chi connectivity index (χ2n) is 6.39. The van der Waals surface area contributed by atoms with Crippen LogP contribution in [0.2, 0.25) is 5.02 Å². The number of hydrogen-bond donors (Lipinski definition) is 1. The number of fused-ring (bicyclic) bond motifs is 1. The monoisotopic (exact) mass is 423 g/mol. The van der Waals surface area contributed by atoms with E-state index in [1.807, 2.05) is 24.3 Å². The molecule has 1 N–H and O–H groups in total. The first-order valence-corrected chi connectivity index (χ1v) is 9.84. The van der Waals surface area contributed by atoms with Crippen molar-refractivity contribution < 1.29 is 9.72 Å². The highest BCUT2D eigenvalue weighted by Crippen LogP contribution is 2.36. The fourth-order valence-electron chi connectivity index (χ4n) is 2.96. The predicted molar refractivity (Wildman–Crippen MR) is 116 cm³/mol. The molecule has 0 saturated heterocycles. The van der Waals surface area contributed by atoms with Gasteiger partial charge < -0.3 is 5.32 Å². The fraction of sp³-hybridized carbons (Fsp3) is 0.0476. The molecule has 0 unspecified atom stereocenters. The third-order valence-corrected chi connectivity index (χ3v) is 5.80. The number of hydrogen-bond acceptors (Lipinski definition) is 5. The maximum Gasteiger partial charge on any atom is 0.272 e. The number of anilines is 1. The van der Waals surface area contributed by atoms with Gasteiger partial charge in [-0.3, -0.25) is 14.9 Å². The van der Waals surface area contributed by atoms with Crippen molar-refractivity contribution in [2.45, 2.75) is 6.92 Å². The van der Waals surface area contributed by atoms with Crippen molar-refractivity contribution in [3.8, 4) is 10.6 Å². The van der Waals surface area contributed by atoms with Gasteiger partial charge in [-0.25, -0.2) is 4.98 Å². The van der Waals surface area contributed by atoms with E-state index in [9.17, 15) is 14.9 Å². The number of nitrogens with zero attached hydrogens (tertiary/aromatic N) is 2. The van der Waals surface area contributed by atoms with E-state index < -0.39 is 4.92 Å². The van der Waals surface area contributed by atoms with E-state index in [0.717, 1.165) is 20.8 Å². The summed E-state index contributed by atoms with van der Waals surface area (Å²) in [5.74, 6) is -0.361. The molecule has 0 bridgehead atoms. The third-order valence-electron chi connectivity index (χ3n) is 4.40. The SMILES string of the molecule is Cc1cc(C(=O)Nc2ccc(Cl)c(-c3nc4ccccc4s3)c2)ccc1[N+](=O)[O-]. The molecule has 0 saturated carbocycles. The van der Waals surface area contributed by atoms with Crippen molar-refractivity contribution >= 4 is 50.4 Å². The maximum atomic E-state index is 12.6. The molecule has 4 rings (SSSR count). The average molecular weight is 424 g/mol. The van der Waals surface area contributed by atoms with Crippen LogP contribution in [0.5, 0.6) is 0 Å². The van der Waals surface area contributed by atoms with Crippen molar-refractivity contribution in [1.82, 2.24) is 4.98 Å². The molecule has 4 aromatic rings. The number of carbonyl (C=O) groups excluding carboxylic acids is 1. The Bertz CT molecular complexity index is 1240. The summed E-state index contributed by atoms with van der Waals surface area (Å²) in [6, 6.07) is 17.3. The van der Waals surface area contributed by atoms with Gasteiger partial charge in [-0.05, 0) is 49.4 Å². The summed E-state index contributed by atoms with van der Waals surface area (Å²) in [7, 11) is 0. The molecule has 0 aliphatic carbocycles. The Morgan fingerprint density at radius 1 is 1.14 bits per heavy atom. The minimum Gasteiger partial charge on any atom is -0.322 e. The first-order valence-electron chi connectivity index (χ1n) is 8.64. The summed E-state index contributed by atoms with van der Waals surface area (Å²) >= 11 is 7.89. The standard InChI is InChI=1S/C21H14ClN3O3S/c1-12-10-13(6-9-18(12)25(27)28)20(26)23-14-7-8-16(22)15(11-14)21-24-17-4-2-3-5-19(17)29-21/h2-11H,1H3,(H,23,26). The lowest BCUT2D eigenvalue weighted by Crippen LogP contribution is -2.12. The van der Waals surface area contributed by atoms with Gasteiger partial charge in [0.15, 0.2) is 0 Å². The first kappa shape index (κ1) is 19.0. The number of nitro benzene ring substituents is 1. The zero-order valence-corrected chi connectivity index (χ0v) is 16.8. The lowest BCUT2D eigenvalue weighted by atomic mass is 10.1. The van der Waals surface area contributed by atoms with Gasteiger partial charge >= 0.3 is 0 Å². The van der Waals surface area contributed by atoms with Gasteiger partial charge in [0.05, 0.1) is 20.2 Å². The Hall–Kier alpha value is -3.29. The summed E-state index contributed by atoms with van der Waals surface area (Å²) in [6.07, 6.45) is 0. The van der Waals surface area contributed by atoms with Crippen molar-refractivity contribution in [3.63, 3.8) is 0 Å². The van der Waals surface area contributed by atoms with Gasteiger partial charge in [-0.2, -0.15) is 0 Å². The topological polar surface area (TPSA) is 85.1 Å². The van der Waals surface area contributed by atoms with Gasteiger partial charge in [0.2, 0.25) is 0 Å². The van der Waals surface area contributed by atoms with Gasteiger partial charge in [-0.1, -0.05) is 23.7 Å². The molecule has 0 atom stereocenters. The van der Waals surface area contributed by atoms with Crippen LogP contribution >= 0.6 is 22.9 Å². The highest BCUT2D eigenvalue weighted by molar-refractivity contribution is 7.21. The van der Waals surface area contributed by atoms with E-state index in [0.29, 0.717) is 21.8 Å². The normalized spacial score (nSPS) is 10.8. The molecule has 1 aromatic heterocycles. The number of halogens is 1. The number of nitrogens with one attached hydrogen (secondary N) is 1. The van der Waals surface area contributed by atoms with Crippen LogP contribution in [0.25, 0.3) is 20.8 Å². The quantitative estimate of drug-likeness (QED) is 0.318. The maximum absolute atomic E-state index is 12.6. The predicted octanol–water partition coefficient (Wildman–Crippen LogP) is 6.09. The average Bonchev–Trinajstić information content (AvgIpc) is 3.13. The molecule has 0 aliphatic heterocycles. The number of thiazole rings is 1. The van der Waals surface area contributed by atoms with E-state index in [1.165, 1.54) is 29.5 Å². The summed E-state index contributed by atoms with van der Waals surface area (Å²) in [6.45, 7) is 1.60. The number of aryl methyl sites for hydroxylation is 1. The van der Waals surface area contributed by atoms with Crippen LogP contribution in [0.4, 0.5) is 11.4 Å². The van der Waals surface area contributed by atoms with Crippen LogP contribution in [0, 0.1) is 17.0 Å². The van der Waals surface area contributed by atoms with Gasteiger partial charge in [0.1, 0.15) is 5.01 Å². The van der Waals surface area contributed by atoms with Crippen molar-refractivity contribution in [2.75, 3.05) is 5.32 Å². The molecule has 6 nitrogen and oxygen atoms in total. The summed E-state index contributed by atoms with van der Waals surface area (Å²) < 4.78 is 1.05. The Kier molecular flexibility index (Phi) is 5.00. The smallest absolute Gasteiger partial charge is 0.272 e. The number of aromatic nitrogens is 1. The Labute approximate surface area is 174 Å². The second-order valence-corrected chi connectivity index (χ2v) is 7.83. The Balaban J connectivity index is 1.63. The van der Waals surface area contributed by atoms with Gasteiger partial charge in [0.25, 0.3) is 11.6 Å². The molecular weight excluding hydrogens is 410 g/mol. The Morgan fingerprint density at radius 3 is 2.66 bits per heavy atom. The number of para-hydroxylation sites is 1. The molecule has 0 fully saturated rings. The van der Waals surface area contributed by atoms with E-state index in [4.69, 9.17) is 11.6 Å². The summed E-state index contributed by atoms with van der Waals surface area (Å²) in [5.41, 5.74) is 2.92. The number of amides is 1. The van der Waals surface area contributed by atoms with E-state index in [-0.39, 0.29) is 11.6 Å². The van der Waals surface area contributed by atoms with Crippen LogP contribution in [-0.2, 0) is 0 Å². The zero-order valence-electron chi connectivity index (χ0n) is 15.2. The van der Waals surface area contributed by atoms with Crippen molar-refractivity contribution in [2.24, 2.45) is 0 Å². The minimum absolute atomic E-state index is 0.0221. The zero-order chi connectivity index (χ0) is 20.5. The largest absolute Gasteiger partial charge is 0.322 e. The number of carbonyl (C=O) groups is 1. The lowest BCUT2D eigenvalue weighted by Gasteiger charge is -2.09. The summed E-state index contributed by atoms with van der Waals surface area (Å²) in [4.78, 5) is 27.7. The van der Waals surface area contributed by atoms with Crippen molar-refractivity contribution in [3.05, 3.63) is 86.9 Å². The van der Waals surface area contributed by atoms with Crippen molar-refractivity contribution in [1.29, 1.82) is 0 Å². The van der Waals surface area contributed by atoms with E-state index >= 15 is 0 Å². The molecule has 1 amide bonds. The van der Waals surface area contributed by atoms with Gasteiger partial charge in [-0.15, -0.1) is 11.3 Å². The third kappa shape index (κ3) is 3.83. The molecule has 1 heterocycles. The van der Waals surface area contributed by atoms with E-state index in [2.05, 4.69) is 10.3 Å². The van der Waals surface area contributed by atoms with Crippen LogP contribution in [0.3, 0.4) is 0 Å². The summed E-state index contributed by atoms with van der Waals surface area (Å²) in [5, 5.41) is 15.1. The molecule has 29 heavy (non-hydrogen) atoms. The second kappa shape index (κ2) is 7.62. The molecule has 0 aliphatic rings. The lowest BCUT2D eigenvalue weighted by molar-refractivity contribution is -0.385. The van der Waals surface area contributed by atoms with Crippen LogP contribution in [-0.4, -0.2) is 15.8 Å². The minimum atomic E-state index is -0.472. The first-order chi connectivity index (χ1) is 13.9. The van der Waals surface area contributed by atoms with E-state index in [1.54, 1.807) is 25.1 Å². The highest BCUT2D eigenvalue weighted by Gasteiger charge is 2.15. The number of nitro groups is 1. The molecule has 8 heteroatoms. The van der Waals surface area contributed by atoms with Crippen LogP contribution < -0.4 is 5.32 Å². The number of benzene rings is 3. The fourth-order valence-corrected chi connectivity index (χ4v) is 4.22.